The van der Waals surface area contributed by atoms with E-state index in [1.807, 2.05) is 18.2 Å². The maximum Gasteiger partial charge on any atom is 0.159 e. The number of aryl methyl sites for hydroxylation is 1. The van der Waals surface area contributed by atoms with Gasteiger partial charge in [0.2, 0.25) is 0 Å². The van der Waals surface area contributed by atoms with Crippen molar-refractivity contribution in [3.05, 3.63) is 82.9 Å². The van der Waals surface area contributed by atoms with Crippen LogP contribution in [0.1, 0.15) is 36.0 Å². The molecule has 1 fully saturated rings. The first-order chi connectivity index (χ1) is 16.1. The molecule has 5 heteroatoms. The van der Waals surface area contributed by atoms with E-state index in [9.17, 15) is 8.78 Å². The first-order valence-corrected chi connectivity index (χ1v) is 11.3. The Hall–Kier alpha value is -2.78. The molecule has 0 unspecified atom stereocenters. The van der Waals surface area contributed by atoms with E-state index in [0.29, 0.717) is 16.7 Å². The fraction of sp³-hybridized carbons (Fsp3) is 0.357. The van der Waals surface area contributed by atoms with Gasteiger partial charge in [-0.1, -0.05) is 30.0 Å². The molecule has 0 saturated carbocycles. The van der Waals surface area contributed by atoms with Crippen molar-refractivity contribution in [3.8, 4) is 11.8 Å². The number of rotatable bonds is 7. The number of benzene rings is 3. The summed E-state index contributed by atoms with van der Waals surface area (Å²) in [5, 5.41) is 1.28. The summed E-state index contributed by atoms with van der Waals surface area (Å²) in [6.45, 7) is 2.28. The van der Waals surface area contributed by atoms with Crippen molar-refractivity contribution in [2.45, 2.75) is 32.0 Å². The predicted molar refractivity (Wildman–Crippen MR) is 125 cm³/mol. The molecule has 0 radical (unpaired) electrons. The van der Waals surface area contributed by atoms with Crippen LogP contribution in [-0.4, -0.2) is 33.2 Å². The van der Waals surface area contributed by atoms with E-state index in [2.05, 4.69) is 24.0 Å². The van der Waals surface area contributed by atoms with Gasteiger partial charge >= 0.3 is 0 Å². The molecule has 0 aromatic heterocycles. The van der Waals surface area contributed by atoms with Gasteiger partial charge in [-0.25, -0.2) is 8.78 Å². The molecule has 172 valence electrons. The largest absolute Gasteiger partial charge is 0.385 e. The Labute approximate surface area is 193 Å². The number of halogens is 2. The van der Waals surface area contributed by atoms with Crippen LogP contribution in [-0.2, 0) is 20.6 Å². The van der Waals surface area contributed by atoms with Gasteiger partial charge in [0, 0.05) is 37.2 Å². The highest BCUT2D eigenvalue weighted by atomic mass is 19.2. The minimum Gasteiger partial charge on any atom is -0.385 e. The highest BCUT2D eigenvalue weighted by Gasteiger charge is 2.21. The van der Waals surface area contributed by atoms with Crippen LogP contribution < -0.4 is 0 Å². The highest BCUT2D eigenvalue weighted by molar-refractivity contribution is 5.84. The second kappa shape index (κ2) is 11.4. The molecule has 1 aliphatic rings. The first-order valence-electron chi connectivity index (χ1n) is 11.3. The summed E-state index contributed by atoms with van der Waals surface area (Å²) in [4.78, 5) is 0. The SMILES string of the molecule is COCCCC1COC(CCc2ccc(C#Cc3ccc4cc(F)c(F)cc4c3)cc2)OC1. The molecule has 0 aliphatic carbocycles. The van der Waals surface area contributed by atoms with E-state index in [0.717, 1.165) is 56.6 Å². The van der Waals surface area contributed by atoms with Crippen LogP contribution in [0.15, 0.2) is 54.6 Å². The second-order valence-corrected chi connectivity index (χ2v) is 8.41. The summed E-state index contributed by atoms with van der Waals surface area (Å²) >= 11 is 0. The third kappa shape index (κ3) is 6.61. The lowest BCUT2D eigenvalue weighted by atomic mass is 10.0. The fourth-order valence-electron chi connectivity index (χ4n) is 3.94. The Kier molecular flexibility index (Phi) is 8.06. The van der Waals surface area contributed by atoms with Crippen LogP contribution in [0.4, 0.5) is 8.78 Å². The predicted octanol–water partition coefficient (Wildman–Crippen LogP) is 5.87. The number of methoxy groups -OCH3 is 1. The Bertz CT molecular complexity index is 1120. The van der Waals surface area contributed by atoms with Crippen molar-refractivity contribution in [1.82, 2.24) is 0 Å². The van der Waals surface area contributed by atoms with Gasteiger partial charge in [-0.15, -0.1) is 0 Å². The molecule has 0 spiro atoms. The maximum atomic E-state index is 13.5. The van der Waals surface area contributed by atoms with Gasteiger partial charge < -0.3 is 14.2 Å². The third-order valence-electron chi connectivity index (χ3n) is 5.85. The fourth-order valence-corrected chi connectivity index (χ4v) is 3.94. The van der Waals surface area contributed by atoms with Crippen molar-refractivity contribution in [1.29, 1.82) is 0 Å². The summed E-state index contributed by atoms with van der Waals surface area (Å²) in [6.07, 6.45) is 3.66. The van der Waals surface area contributed by atoms with Crippen LogP contribution in [0.5, 0.6) is 0 Å². The van der Waals surface area contributed by atoms with Gasteiger partial charge in [-0.3, -0.25) is 0 Å². The summed E-state index contributed by atoms with van der Waals surface area (Å²) in [5.74, 6) is 4.99. The molecule has 1 aliphatic heterocycles. The molecule has 0 atom stereocenters. The van der Waals surface area contributed by atoms with Gasteiger partial charge in [0.15, 0.2) is 17.9 Å². The minimum absolute atomic E-state index is 0.144. The summed E-state index contributed by atoms with van der Waals surface area (Å²) < 4.78 is 43.7. The zero-order valence-electron chi connectivity index (χ0n) is 18.8. The van der Waals surface area contributed by atoms with E-state index in [1.54, 1.807) is 19.2 Å². The molecule has 33 heavy (non-hydrogen) atoms. The summed E-state index contributed by atoms with van der Waals surface area (Å²) in [6, 6.07) is 15.9. The van der Waals surface area contributed by atoms with E-state index in [1.165, 1.54) is 17.7 Å². The van der Waals surface area contributed by atoms with Crippen LogP contribution in [0.3, 0.4) is 0 Å². The van der Waals surface area contributed by atoms with Crippen molar-refractivity contribution < 1.29 is 23.0 Å². The topological polar surface area (TPSA) is 27.7 Å². The van der Waals surface area contributed by atoms with Crippen molar-refractivity contribution in [2.24, 2.45) is 5.92 Å². The Morgan fingerprint density at radius 2 is 1.52 bits per heavy atom. The minimum atomic E-state index is -0.853. The van der Waals surface area contributed by atoms with E-state index in [4.69, 9.17) is 14.2 Å². The monoisotopic (exact) mass is 450 g/mol. The van der Waals surface area contributed by atoms with Gasteiger partial charge in [-0.2, -0.15) is 0 Å². The van der Waals surface area contributed by atoms with Gasteiger partial charge in [0.25, 0.3) is 0 Å². The Morgan fingerprint density at radius 3 is 2.24 bits per heavy atom. The number of fused-ring (bicyclic) bond motifs is 1. The molecule has 0 amide bonds. The average Bonchev–Trinajstić information content (AvgIpc) is 2.84. The van der Waals surface area contributed by atoms with Crippen LogP contribution >= 0.6 is 0 Å². The average molecular weight is 451 g/mol. The van der Waals surface area contributed by atoms with Crippen molar-refractivity contribution >= 4 is 10.8 Å². The molecular formula is C28H28F2O3. The lowest BCUT2D eigenvalue weighted by molar-refractivity contribution is -0.203. The third-order valence-corrected chi connectivity index (χ3v) is 5.85. The Morgan fingerprint density at radius 1 is 0.848 bits per heavy atom. The second-order valence-electron chi connectivity index (χ2n) is 8.41. The normalized spacial score (nSPS) is 18.2. The lowest BCUT2D eigenvalue weighted by Gasteiger charge is -2.29. The van der Waals surface area contributed by atoms with Crippen LogP contribution in [0.25, 0.3) is 10.8 Å². The quantitative estimate of drug-likeness (QED) is 0.333. The maximum absolute atomic E-state index is 13.5. The number of ether oxygens (including phenoxy) is 3. The van der Waals surface area contributed by atoms with Gasteiger partial charge in [0.1, 0.15) is 0 Å². The zero-order valence-corrected chi connectivity index (χ0v) is 18.8. The molecule has 3 aromatic rings. The molecule has 1 saturated heterocycles. The van der Waals surface area contributed by atoms with E-state index in [-0.39, 0.29) is 6.29 Å². The molecule has 0 N–H and O–H groups in total. The van der Waals surface area contributed by atoms with Crippen molar-refractivity contribution in [2.75, 3.05) is 26.9 Å². The number of hydrogen-bond donors (Lipinski definition) is 0. The van der Waals surface area contributed by atoms with Gasteiger partial charge in [0.05, 0.1) is 13.2 Å². The van der Waals surface area contributed by atoms with Crippen LogP contribution in [0, 0.1) is 29.4 Å². The molecule has 3 nitrogen and oxygen atoms in total. The van der Waals surface area contributed by atoms with E-state index < -0.39 is 11.6 Å². The van der Waals surface area contributed by atoms with Crippen molar-refractivity contribution in [3.63, 3.8) is 0 Å². The summed E-state index contributed by atoms with van der Waals surface area (Å²) in [7, 11) is 1.72. The molecule has 4 rings (SSSR count). The number of hydrogen-bond acceptors (Lipinski definition) is 3. The molecule has 3 aromatic carbocycles. The van der Waals surface area contributed by atoms with Crippen LogP contribution in [0.2, 0.25) is 0 Å². The standard InChI is InChI=1S/C28H28F2O3/c1-31-14-2-3-23-18-32-28(33-19-23)13-11-21-6-4-20(5-7-21)8-9-22-10-12-24-16-26(29)27(30)17-25(24)15-22/h4-7,10,12,15-17,23,28H,2-3,11,13-14,18-19H2,1H3. The zero-order chi connectivity index (χ0) is 23.0. The Balaban J connectivity index is 1.28. The van der Waals surface area contributed by atoms with Gasteiger partial charge in [-0.05, 0) is 72.0 Å². The highest BCUT2D eigenvalue weighted by Crippen LogP contribution is 2.21. The molecular weight excluding hydrogens is 422 g/mol. The smallest absolute Gasteiger partial charge is 0.159 e. The lowest BCUT2D eigenvalue weighted by Crippen LogP contribution is -2.32. The molecule has 1 heterocycles. The molecule has 0 bridgehead atoms. The first kappa shape index (κ1) is 23.4. The summed E-state index contributed by atoms with van der Waals surface area (Å²) in [5.41, 5.74) is 2.86. The van der Waals surface area contributed by atoms with E-state index >= 15 is 0 Å².